The number of carbonyl (C=O) groups excluding carboxylic acids is 1. The third kappa shape index (κ3) is 3.78. The summed E-state index contributed by atoms with van der Waals surface area (Å²) in [5.41, 5.74) is 5.36. The van der Waals surface area contributed by atoms with Crippen LogP contribution in [0, 0.1) is 0 Å². The smallest absolute Gasteiger partial charge is 0.254 e. The highest BCUT2D eigenvalue weighted by atomic mass is 16.5. The number of methoxy groups -OCH3 is 2. The molecular weight excluding hydrogens is 374 g/mol. The molecule has 1 amide bonds. The third-order valence-corrected chi connectivity index (χ3v) is 5.93. The molecule has 3 aromatic carbocycles. The van der Waals surface area contributed by atoms with Crippen LogP contribution in [0.2, 0.25) is 0 Å². The first kappa shape index (κ1) is 20.0. The Bertz CT molecular complexity index is 1050. The van der Waals surface area contributed by atoms with Crippen LogP contribution in [0.3, 0.4) is 0 Å². The van der Waals surface area contributed by atoms with Crippen molar-refractivity contribution in [3.05, 3.63) is 94.5 Å². The van der Waals surface area contributed by atoms with Crippen molar-refractivity contribution in [2.45, 2.75) is 25.8 Å². The quantitative estimate of drug-likeness (QED) is 0.600. The molecule has 0 N–H and O–H groups in total. The Morgan fingerprint density at radius 3 is 2.37 bits per heavy atom. The minimum atomic E-state index is -0.0363. The molecule has 154 valence electrons. The fourth-order valence-corrected chi connectivity index (χ4v) is 4.28. The molecule has 0 spiro atoms. The topological polar surface area (TPSA) is 38.8 Å². The maximum absolute atomic E-state index is 13.6. The molecular formula is C26H27NO3. The second-order valence-electron chi connectivity index (χ2n) is 7.65. The van der Waals surface area contributed by atoms with Crippen molar-refractivity contribution >= 4 is 5.91 Å². The highest BCUT2D eigenvalue weighted by Gasteiger charge is 2.30. The maximum atomic E-state index is 13.6. The number of nitrogens with zero attached hydrogens (tertiary/aromatic N) is 1. The fraction of sp³-hybridized carbons (Fsp3) is 0.269. The van der Waals surface area contributed by atoms with E-state index in [4.69, 9.17) is 9.47 Å². The molecule has 1 aliphatic rings. The summed E-state index contributed by atoms with van der Waals surface area (Å²) in [6.07, 6.45) is 1.54. The summed E-state index contributed by atoms with van der Waals surface area (Å²) in [6, 6.07) is 22.2. The molecule has 1 atom stereocenters. The Balaban J connectivity index is 1.64. The van der Waals surface area contributed by atoms with Crippen LogP contribution < -0.4 is 9.47 Å². The summed E-state index contributed by atoms with van der Waals surface area (Å²) in [6.45, 7) is 2.77. The molecule has 0 unspecified atom stereocenters. The molecule has 3 aromatic rings. The average molecular weight is 402 g/mol. The van der Waals surface area contributed by atoms with Gasteiger partial charge in [-0.25, -0.2) is 0 Å². The van der Waals surface area contributed by atoms with E-state index in [1.165, 1.54) is 11.1 Å². The van der Waals surface area contributed by atoms with Gasteiger partial charge in [0.25, 0.3) is 5.91 Å². The number of hydrogen-bond donors (Lipinski definition) is 0. The second-order valence-corrected chi connectivity index (χ2v) is 7.65. The van der Waals surface area contributed by atoms with Gasteiger partial charge in [-0.1, -0.05) is 48.5 Å². The molecule has 0 bridgehead atoms. The average Bonchev–Trinajstić information content (AvgIpc) is 2.79. The minimum Gasteiger partial charge on any atom is -0.493 e. The lowest BCUT2D eigenvalue weighted by Gasteiger charge is -2.36. The molecule has 4 rings (SSSR count). The summed E-state index contributed by atoms with van der Waals surface area (Å²) >= 11 is 0. The van der Waals surface area contributed by atoms with E-state index in [1.54, 1.807) is 14.2 Å². The largest absolute Gasteiger partial charge is 0.493 e. The maximum Gasteiger partial charge on any atom is 0.254 e. The second kappa shape index (κ2) is 8.62. The van der Waals surface area contributed by atoms with Gasteiger partial charge in [0.2, 0.25) is 0 Å². The van der Waals surface area contributed by atoms with Crippen LogP contribution in [0.25, 0.3) is 0 Å². The Hall–Kier alpha value is -3.27. The summed E-state index contributed by atoms with van der Waals surface area (Å²) < 4.78 is 10.9. The number of ether oxygens (including phenoxy) is 2. The van der Waals surface area contributed by atoms with Gasteiger partial charge in [-0.15, -0.1) is 0 Å². The van der Waals surface area contributed by atoms with Gasteiger partial charge in [0.05, 0.1) is 20.3 Å². The SMILES string of the molecule is COc1cc2c(cc1OC)[C@@H](C)N(C(=O)c1ccccc1Cc1ccccc1)CC2. The monoisotopic (exact) mass is 401 g/mol. The van der Waals surface area contributed by atoms with E-state index in [9.17, 15) is 4.79 Å². The van der Waals surface area contributed by atoms with Gasteiger partial charge in [0, 0.05) is 12.1 Å². The highest BCUT2D eigenvalue weighted by Crippen LogP contribution is 2.38. The third-order valence-electron chi connectivity index (χ3n) is 5.93. The lowest BCUT2D eigenvalue weighted by molar-refractivity contribution is 0.0676. The van der Waals surface area contributed by atoms with Crippen LogP contribution in [-0.4, -0.2) is 31.6 Å². The standard InChI is InChI=1S/C26H27NO3/c1-18-23-17-25(30-3)24(29-2)16-21(23)13-14-27(18)26(28)22-12-8-7-11-20(22)15-19-9-5-4-6-10-19/h4-12,16-18H,13-15H2,1-3H3/t18-/m1/s1. The molecule has 0 aromatic heterocycles. The zero-order valence-electron chi connectivity index (χ0n) is 17.7. The molecule has 0 saturated heterocycles. The van der Waals surface area contributed by atoms with Gasteiger partial charge in [-0.3, -0.25) is 4.79 Å². The van der Waals surface area contributed by atoms with Gasteiger partial charge in [0.15, 0.2) is 11.5 Å². The van der Waals surface area contributed by atoms with Gasteiger partial charge in [-0.05, 0) is 60.2 Å². The number of amides is 1. The lowest BCUT2D eigenvalue weighted by atomic mass is 9.91. The van der Waals surface area contributed by atoms with Crippen molar-refractivity contribution in [3.63, 3.8) is 0 Å². The molecule has 0 fully saturated rings. The van der Waals surface area contributed by atoms with E-state index in [0.29, 0.717) is 12.3 Å². The Kier molecular flexibility index (Phi) is 5.75. The van der Waals surface area contributed by atoms with Gasteiger partial charge in [-0.2, -0.15) is 0 Å². The number of fused-ring (bicyclic) bond motifs is 1. The zero-order chi connectivity index (χ0) is 21.1. The molecule has 1 aliphatic heterocycles. The van der Waals surface area contributed by atoms with Crippen LogP contribution in [0.5, 0.6) is 11.5 Å². The normalized spacial score (nSPS) is 15.4. The first-order valence-electron chi connectivity index (χ1n) is 10.3. The molecule has 1 heterocycles. The van der Waals surface area contributed by atoms with Gasteiger partial charge < -0.3 is 14.4 Å². The van der Waals surface area contributed by atoms with Crippen molar-refractivity contribution in [1.82, 2.24) is 4.90 Å². The molecule has 30 heavy (non-hydrogen) atoms. The van der Waals surface area contributed by atoms with Gasteiger partial charge in [0.1, 0.15) is 0 Å². The Morgan fingerprint density at radius 2 is 1.63 bits per heavy atom. The van der Waals surface area contributed by atoms with Gasteiger partial charge >= 0.3 is 0 Å². The zero-order valence-corrected chi connectivity index (χ0v) is 17.7. The van der Waals surface area contributed by atoms with Crippen molar-refractivity contribution < 1.29 is 14.3 Å². The van der Waals surface area contributed by atoms with Crippen molar-refractivity contribution in [2.75, 3.05) is 20.8 Å². The molecule has 0 saturated carbocycles. The summed E-state index contributed by atoms with van der Waals surface area (Å²) in [5.74, 6) is 1.51. The van der Waals surface area contributed by atoms with E-state index in [-0.39, 0.29) is 11.9 Å². The van der Waals surface area contributed by atoms with Crippen LogP contribution in [-0.2, 0) is 12.8 Å². The molecule has 4 nitrogen and oxygen atoms in total. The van der Waals surface area contributed by atoms with E-state index in [1.807, 2.05) is 53.4 Å². The number of hydrogen-bond acceptors (Lipinski definition) is 3. The number of carbonyl (C=O) groups is 1. The minimum absolute atomic E-state index is 0.0363. The van der Waals surface area contributed by atoms with Crippen LogP contribution in [0.4, 0.5) is 0 Å². The van der Waals surface area contributed by atoms with E-state index < -0.39 is 0 Å². The van der Waals surface area contributed by atoms with E-state index in [2.05, 4.69) is 25.1 Å². The summed E-state index contributed by atoms with van der Waals surface area (Å²) in [5, 5.41) is 0. The van der Waals surface area contributed by atoms with Crippen molar-refractivity contribution in [2.24, 2.45) is 0 Å². The first-order chi connectivity index (χ1) is 14.6. The van der Waals surface area contributed by atoms with E-state index in [0.717, 1.165) is 35.3 Å². The van der Waals surface area contributed by atoms with Crippen molar-refractivity contribution in [3.8, 4) is 11.5 Å². The Morgan fingerprint density at radius 1 is 0.967 bits per heavy atom. The first-order valence-corrected chi connectivity index (χ1v) is 10.3. The number of benzene rings is 3. The number of rotatable bonds is 5. The Labute approximate surface area is 178 Å². The fourth-order valence-electron chi connectivity index (χ4n) is 4.28. The predicted molar refractivity (Wildman–Crippen MR) is 118 cm³/mol. The highest BCUT2D eigenvalue weighted by molar-refractivity contribution is 5.96. The summed E-state index contributed by atoms with van der Waals surface area (Å²) in [7, 11) is 3.29. The summed E-state index contributed by atoms with van der Waals surface area (Å²) in [4.78, 5) is 15.5. The van der Waals surface area contributed by atoms with Crippen LogP contribution >= 0.6 is 0 Å². The molecule has 0 aliphatic carbocycles. The lowest BCUT2D eigenvalue weighted by Crippen LogP contribution is -2.39. The van der Waals surface area contributed by atoms with Crippen LogP contribution in [0.1, 0.15) is 45.6 Å². The molecule has 0 radical (unpaired) electrons. The van der Waals surface area contributed by atoms with Crippen molar-refractivity contribution in [1.29, 1.82) is 0 Å². The predicted octanol–water partition coefficient (Wildman–Crippen LogP) is 5.05. The van der Waals surface area contributed by atoms with Crippen LogP contribution in [0.15, 0.2) is 66.7 Å². The molecule has 4 heteroatoms. The van der Waals surface area contributed by atoms with E-state index >= 15 is 0 Å².